The lowest BCUT2D eigenvalue weighted by molar-refractivity contribution is 0.102. The van der Waals surface area contributed by atoms with Crippen LogP contribution in [0.3, 0.4) is 0 Å². The fourth-order valence-electron chi connectivity index (χ4n) is 2.65. The van der Waals surface area contributed by atoms with E-state index in [2.05, 4.69) is 20.2 Å². The SMILES string of the molecule is COc1ccc(C)cc1NC(=O)c1ccnc(N2CCCC2)n1. The predicted molar refractivity (Wildman–Crippen MR) is 89.2 cm³/mol. The zero-order chi connectivity index (χ0) is 16.2. The van der Waals surface area contributed by atoms with Gasteiger partial charge in [-0.2, -0.15) is 0 Å². The average molecular weight is 312 g/mol. The van der Waals surface area contributed by atoms with Crippen LogP contribution in [0.4, 0.5) is 11.6 Å². The fraction of sp³-hybridized carbons (Fsp3) is 0.353. The average Bonchev–Trinajstić information content (AvgIpc) is 3.10. The number of ether oxygens (including phenoxy) is 1. The molecular weight excluding hydrogens is 292 g/mol. The van der Waals surface area contributed by atoms with Crippen molar-refractivity contribution in [2.45, 2.75) is 19.8 Å². The van der Waals surface area contributed by atoms with Crippen LogP contribution in [0.5, 0.6) is 5.75 Å². The fourth-order valence-corrected chi connectivity index (χ4v) is 2.65. The van der Waals surface area contributed by atoms with Gasteiger partial charge in [0.15, 0.2) is 0 Å². The first-order valence-electron chi connectivity index (χ1n) is 7.71. The van der Waals surface area contributed by atoms with E-state index in [1.807, 2.05) is 25.1 Å². The summed E-state index contributed by atoms with van der Waals surface area (Å²) < 4.78 is 5.29. The van der Waals surface area contributed by atoms with Crippen LogP contribution in [-0.2, 0) is 0 Å². The summed E-state index contributed by atoms with van der Waals surface area (Å²) in [7, 11) is 1.58. The van der Waals surface area contributed by atoms with Gasteiger partial charge in [-0.3, -0.25) is 4.79 Å². The van der Waals surface area contributed by atoms with Crippen LogP contribution in [0.25, 0.3) is 0 Å². The van der Waals surface area contributed by atoms with Crippen LogP contribution < -0.4 is 15.0 Å². The molecule has 0 unspecified atom stereocenters. The van der Waals surface area contributed by atoms with Gasteiger partial charge >= 0.3 is 0 Å². The van der Waals surface area contributed by atoms with Crippen molar-refractivity contribution >= 4 is 17.5 Å². The first-order chi connectivity index (χ1) is 11.2. The summed E-state index contributed by atoms with van der Waals surface area (Å²) in [4.78, 5) is 23.2. The maximum atomic E-state index is 12.5. The normalized spacial score (nSPS) is 13.9. The molecule has 6 heteroatoms. The summed E-state index contributed by atoms with van der Waals surface area (Å²) in [5.41, 5.74) is 2.03. The molecular formula is C17H20N4O2. The highest BCUT2D eigenvalue weighted by atomic mass is 16.5. The summed E-state index contributed by atoms with van der Waals surface area (Å²) >= 11 is 0. The van der Waals surface area contributed by atoms with Crippen LogP contribution in [0.1, 0.15) is 28.9 Å². The molecule has 120 valence electrons. The second-order valence-corrected chi connectivity index (χ2v) is 5.59. The van der Waals surface area contributed by atoms with E-state index in [0.29, 0.717) is 23.1 Å². The van der Waals surface area contributed by atoms with Gasteiger partial charge in [0.05, 0.1) is 12.8 Å². The molecule has 0 saturated carbocycles. The van der Waals surface area contributed by atoms with Crippen LogP contribution in [0.2, 0.25) is 0 Å². The van der Waals surface area contributed by atoms with Crippen molar-refractivity contribution in [2.24, 2.45) is 0 Å². The van der Waals surface area contributed by atoms with Crippen molar-refractivity contribution in [1.29, 1.82) is 0 Å². The Labute approximate surface area is 135 Å². The second-order valence-electron chi connectivity index (χ2n) is 5.59. The minimum atomic E-state index is -0.267. The molecule has 1 amide bonds. The molecule has 2 heterocycles. The number of carbonyl (C=O) groups is 1. The number of carbonyl (C=O) groups excluding carboxylic acids is 1. The van der Waals surface area contributed by atoms with Crippen molar-refractivity contribution in [1.82, 2.24) is 9.97 Å². The van der Waals surface area contributed by atoms with Gasteiger partial charge in [-0.25, -0.2) is 9.97 Å². The largest absolute Gasteiger partial charge is 0.495 e. The van der Waals surface area contributed by atoms with Crippen LogP contribution >= 0.6 is 0 Å². The lowest BCUT2D eigenvalue weighted by Gasteiger charge is -2.15. The first-order valence-corrected chi connectivity index (χ1v) is 7.71. The Hall–Kier alpha value is -2.63. The number of methoxy groups -OCH3 is 1. The number of nitrogens with one attached hydrogen (secondary N) is 1. The number of benzene rings is 1. The highest BCUT2D eigenvalue weighted by Crippen LogP contribution is 2.25. The van der Waals surface area contributed by atoms with Gasteiger partial charge in [0.2, 0.25) is 5.95 Å². The van der Waals surface area contributed by atoms with Crippen molar-refractivity contribution in [3.63, 3.8) is 0 Å². The third-order valence-corrected chi connectivity index (χ3v) is 3.87. The van der Waals surface area contributed by atoms with Gasteiger partial charge in [0, 0.05) is 19.3 Å². The number of rotatable bonds is 4. The Bertz CT molecular complexity index is 711. The highest BCUT2D eigenvalue weighted by molar-refractivity contribution is 6.03. The minimum Gasteiger partial charge on any atom is -0.495 e. The number of hydrogen-bond acceptors (Lipinski definition) is 5. The van der Waals surface area contributed by atoms with Crippen LogP contribution in [0.15, 0.2) is 30.5 Å². The maximum Gasteiger partial charge on any atom is 0.274 e. The Kier molecular flexibility index (Phi) is 4.41. The number of anilines is 2. The molecule has 1 N–H and O–H groups in total. The van der Waals surface area contributed by atoms with E-state index in [0.717, 1.165) is 31.5 Å². The molecule has 0 spiro atoms. The standard InChI is InChI=1S/C17H20N4O2/c1-12-5-6-15(23-2)14(11-12)19-16(22)13-7-8-18-17(20-13)21-9-3-4-10-21/h5-8,11H,3-4,9-10H2,1-2H3,(H,19,22). The van der Waals surface area contributed by atoms with E-state index in [1.54, 1.807) is 19.4 Å². The lowest BCUT2D eigenvalue weighted by atomic mass is 10.2. The van der Waals surface area contributed by atoms with Crippen molar-refractivity contribution in [3.05, 3.63) is 41.7 Å². The van der Waals surface area contributed by atoms with Gasteiger partial charge < -0.3 is 15.0 Å². The third kappa shape index (κ3) is 3.41. The maximum absolute atomic E-state index is 12.5. The smallest absolute Gasteiger partial charge is 0.274 e. The molecule has 1 aliphatic rings. The molecule has 1 aliphatic heterocycles. The quantitative estimate of drug-likeness (QED) is 0.940. The lowest BCUT2D eigenvalue weighted by Crippen LogP contribution is -2.22. The Morgan fingerprint density at radius 2 is 2.04 bits per heavy atom. The Morgan fingerprint density at radius 3 is 2.78 bits per heavy atom. The van der Waals surface area contributed by atoms with Crippen LogP contribution in [-0.4, -0.2) is 36.1 Å². The predicted octanol–water partition coefficient (Wildman–Crippen LogP) is 2.65. The molecule has 2 aromatic rings. The molecule has 3 rings (SSSR count). The zero-order valence-corrected chi connectivity index (χ0v) is 13.4. The van der Waals surface area contributed by atoms with Crippen molar-refractivity contribution in [2.75, 3.05) is 30.4 Å². The zero-order valence-electron chi connectivity index (χ0n) is 13.4. The topological polar surface area (TPSA) is 67.3 Å². The molecule has 23 heavy (non-hydrogen) atoms. The number of nitrogens with zero attached hydrogens (tertiary/aromatic N) is 3. The number of aromatic nitrogens is 2. The monoisotopic (exact) mass is 312 g/mol. The van der Waals surface area contributed by atoms with Gasteiger partial charge in [-0.05, 0) is 43.5 Å². The number of amides is 1. The molecule has 0 radical (unpaired) electrons. The van der Waals surface area contributed by atoms with E-state index < -0.39 is 0 Å². The Balaban J connectivity index is 1.81. The molecule has 0 bridgehead atoms. The molecule has 0 atom stereocenters. The summed E-state index contributed by atoms with van der Waals surface area (Å²) in [5, 5.41) is 2.86. The molecule has 1 aromatic carbocycles. The molecule has 1 fully saturated rings. The highest BCUT2D eigenvalue weighted by Gasteiger charge is 2.17. The first kappa shape index (κ1) is 15.3. The molecule has 6 nitrogen and oxygen atoms in total. The molecule has 0 aliphatic carbocycles. The van der Waals surface area contributed by atoms with E-state index in [9.17, 15) is 4.79 Å². The van der Waals surface area contributed by atoms with E-state index in [4.69, 9.17) is 4.74 Å². The molecule has 1 aromatic heterocycles. The Morgan fingerprint density at radius 1 is 1.26 bits per heavy atom. The number of hydrogen-bond donors (Lipinski definition) is 1. The van der Waals surface area contributed by atoms with E-state index in [-0.39, 0.29) is 5.91 Å². The van der Waals surface area contributed by atoms with Gasteiger partial charge in [0.1, 0.15) is 11.4 Å². The summed E-state index contributed by atoms with van der Waals surface area (Å²) in [6, 6.07) is 7.27. The van der Waals surface area contributed by atoms with E-state index in [1.165, 1.54) is 0 Å². The van der Waals surface area contributed by atoms with Gasteiger partial charge in [-0.1, -0.05) is 6.07 Å². The second kappa shape index (κ2) is 6.64. The summed E-state index contributed by atoms with van der Waals surface area (Å²) in [6.07, 6.45) is 3.91. The van der Waals surface area contributed by atoms with Crippen molar-refractivity contribution in [3.8, 4) is 5.75 Å². The third-order valence-electron chi connectivity index (χ3n) is 3.87. The molecule has 1 saturated heterocycles. The van der Waals surface area contributed by atoms with E-state index >= 15 is 0 Å². The minimum absolute atomic E-state index is 0.267. The van der Waals surface area contributed by atoms with Gasteiger partial charge in [-0.15, -0.1) is 0 Å². The summed E-state index contributed by atoms with van der Waals surface area (Å²) in [5.74, 6) is 0.973. The van der Waals surface area contributed by atoms with Crippen LogP contribution in [0, 0.1) is 6.92 Å². The van der Waals surface area contributed by atoms with Crippen molar-refractivity contribution < 1.29 is 9.53 Å². The summed E-state index contributed by atoms with van der Waals surface area (Å²) in [6.45, 7) is 3.85. The van der Waals surface area contributed by atoms with Gasteiger partial charge in [0.25, 0.3) is 5.91 Å². The number of aryl methyl sites for hydroxylation is 1.